The van der Waals surface area contributed by atoms with E-state index < -0.39 is 5.82 Å². The van der Waals surface area contributed by atoms with Crippen molar-refractivity contribution in [1.29, 1.82) is 0 Å². The minimum Gasteiger partial charge on any atom is -0.352 e. The number of carbonyl (C=O) groups excluding carboxylic acids is 1. The van der Waals surface area contributed by atoms with Crippen molar-refractivity contribution in [2.45, 2.75) is 44.8 Å². The maximum absolute atomic E-state index is 13.5. The highest BCUT2D eigenvalue weighted by Gasteiger charge is 2.26. The summed E-state index contributed by atoms with van der Waals surface area (Å²) in [5, 5.41) is 6.40. The fourth-order valence-corrected chi connectivity index (χ4v) is 2.51. The molecule has 1 aromatic carbocycles. The van der Waals surface area contributed by atoms with Crippen molar-refractivity contribution in [2.75, 3.05) is 0 Å². The van der Waals surface area contributed by atoms with Gasteiger partial charge in [0.25, 0.3) is 0 Å². The number of amides is 1. The molecule has 0 heterocycles. The van der Waals surface area contributed by atoms with E-state index in [-0.39, 0.29) is 23.0 Å². The highest BCUT2D eigenvalue weighted by atomic mass is 35.5. The standard InChI is InChI=1S/C14H17Cl2FN2O/c1-7(10-5-13(17)12(16)6-11(10)15)18-8(2)14(20)19-9-3-4-9/h5-9,18H,3-4H2,1-2H3,(H,19,20)/t7-,8+/m0/s1. The zero-order valence-corrected chi connectivity index (χ0v) is 12.9. The summed E-state index contributed by atoms with van der Waals surface area (Å²) in [5.41, 5.74) is 0.583. The average Bonchev–Trinajstić information content (AvgIpc) is 3.17. The van der Waals surface area contributed by atoms with Crippen LogP contribution in [-0.4, -0.2) is 18.0 Å². The van der Waals surface area contributed by atoms with Crippen molar-refractivity contribution < 1.29 is 9.18 Å². The van der Waals surface area contributed by atoms with Crippen molar-refractivity contribution >= 4 is 29.1 Å². The summed E-state index contributed by atoms with van der Waals surface area (Å²) in [4.78, 5) is 11.9. The molecule has 2 atom stereocenters. The monoisotopic (exact) mass is 318 g/mol. The Morgan fingerprint density at radius 1 is 1.30 bits per heavy atom. The number of carbonyl (C=O) groups is 1. The van der Waals surface area contributed by atoms with Crippen LogP contribution >= 0.6 is 23.2 Å². The molecule has 0 bridgehead atoms. The first-order valence-corrected chi connectivity index (χ1v) is 7.35. The second kappa shape index (κ2) is 6.29. The number of halogens is 3. The molecule has 0 unspecified atom stereocenters. The Balaban J connectivity index is 2.01. The molecular formula is C14H17Cl2FN2O. The fourth-order valence-electron chi connectivity index (χ4n) is 1.96. The first kappa shape index (κ1) is 15.5. The second-order valence-corrected chi connectivity index (χ2v) is 6.00. The maximum Gasteiger partial charge on any atom is 0.237 e. The number of nitrogens with one attached hydrogen (secondary N) is 2. The van der Waals surface area contributed by atoms with E-state index >= 15 is 0 Å². The van der Waals surface area contributed by atoms with E-state index in [1.807, 2.05) is 6.92 Å². The molecule has 2 rings (SSSR count). The zero-order valence-electron chi connectivity index (χ0n) is 11.3. The van der Waals surface area contributed by atoms with E-state index in [4.69, 9.17) is 23.2 Å². The van der Waals surface area contributed by atoms with Crippen LogP contribution in [-0.2, 0) is 4.79 Å². The molecule has 0 radical (unpaired) electrons. The molecule has 0 saturated heterocycles. The molecule has 1 aromatic rings. The van der Waals surface area contributed by atoms with Crippen LogP contribution in [0.4, 0.5) is 4.39 Å². The minimum atomic E-state index is -0.519. The Hall–Kier alpha value is -0.840. The van der Waals surface area contributed by atoms with Gasteiger partial charge in [-0.05, 0) is 44.4 Å². The summed E-state index contributed by atoms with van der Waals surface area (Å²) in [5.74, 6) is -0.570. The average molecular weight is 319 g/mol. The molecule has 3 nitrogen and oxygen atoms in total. The normalized spacial score (nSPS) is 17.6. The molecule has 110 valence electrons. The van der Waals surface area contributed by atoms with Crippen LogP contribution in [0.5, 0.6) is 0 Å². The molecule has 1 amide bonds. The maximum atomic E-state index is 13.5. The van der Waals surface area contributed by atoms with Crippen LogP contribution in [0.3, 0.4) is 0 Å². The molecule has 1 fully saturated rings. The highest BCUT2D eigenvalue weighted by Crippen LogP contribution is 2.28. The Kier molecular flexibility index (Phi) is 4.89. The largest absolute Gasteiger partial charge is 0.352 e. The minimum absolute atomic E-state index is 0.00882. The highest BCUT2D eigenvalue weighted by molar-refractivity contribution is 6.35. The number of rotatable bonds is 5. The third-order valence-electron chi connectivity index (χ3n) is 3.32. The number of hydrogen-bond donors (Lipinski definition) is 2. The summed E-state index contributed by atoms with van der Waals surface area (Å²) in [7, 11) is 0. The van der Waals surface area contributed by atoms with Gasteiger partial charge in [-0.15, -0.1) is 0 Å². The van der Waals surface area contributed by atoms with Gasteiger partial charge in [-0.2, -0.15) is 0 Å². The topological polar surface area (TPSA) is 41.1 Å². The lowest BCUT2D eigenvalue weighted by Gasteiger charge is -2.21. The van der Waals surface area contributed by atoms with Gasteiger partial charge in [0, 0.05) is 17.1 Å². The fraction of sp³-hybridized carbons (Fsp3) is 0.500. The van der Waals surface area contributed by atoms with Gasteiger partial charge in [0.2, 0.25) is 5.91 Å². The van der Waals surface area contributed by atoms with E-state index in [1.54, 1.807) is 6.92 Å². The summed E-state index contributed by atoms with van der Waals surface area (Å²) >= 11 is 11.7. The lowest BCUT2D eigenvalue weighted by Crippen LogP contribution is -2.43. The van der Waals surface area contributed by atoms with E-state index in [0.717, 1.165) is 12.8 Å². The van der Waals surface area contributed by atoms with Crippen LogP contribution in [0, 0.1) is 5.82 Å². The lowest BCUT2D eigenvalue weighted by atomic mass is 10.1. The summed E-state index contributed by atoms with van der Waals surface area (Å²) in [6, 6.07) is 2.36. The summed E-state index contributed by atoms with van der Waals surface area (Å²) in [6.07, 6.45) is 2.09. The molecule has 1 saturated carbocycles. The SMILES string of the molecule is C[C@H](N[C@H](C)C(=O)NC1CC1)c1cc(F)c(Cl)cc1Cl. The van der Waals surface area contributed by atoms with Crippen molar-refractivity contribution in [3.8, 4) is 0 Å². The molecule has 1 aliphatic rings. The van der Waals surface area contributed by atoms with Crippen LogP contribution in [0.1, 0.15) is 38.3 Å². The second-order valence-electron chi connectivity index (χ2n) is 5.18. The third-order valence-corrected chi connectivity index (χ3v) is 3.94. The van der Waals surface area contributed by atoms with E-state index in [0.29, 0.717) is 16.6 Å². The lowest BCUT2D eigenvalue weighted by molar-refractivity contribution is -0.123. The van der Waals surface area contributed by atoms with Crippen molar-refractivity contribution in [1.82, 2.24) is 10.6 Å². The van der Waals surface area contributed by atoms with E-state index in [9.17, 15) is 9.18 Å². The van der Waals surface area contributed by atoms with Crippen LogP contribution in [0.25, 0.3) is 0 Å². The Labute approximate surface area is 127 Å². The quantitative estimate of drug-likeness (QED) is 0.816. The molecule has 0 spiro atoms. The van der Waals surface area contributed by atoms with Gasteiger partial charge < -0.3 is 5.32 Å². The number of hydrogen-bond acceptors (Lipinski definition) is 2. The van der Waals surface area contributed by atoms with Crippen LogP contribution in [0.2, 0.25) is 10.0 Å². The molecule has 2 N–H and O–H groups in total. The number of benzene rings is 1. The van der Waals surface area contributed by atoms with E-state index in [2.05, 4.69) is 10.6 Å². The third kappa shape index (κ3) is 3.84. The van der Waals surface area contributed by atoms with Crippen molar-refractivity contribution in [3.63, 3.8) is 0 Å². The smallest absolute Gasteiger partial charge is 0.237 e. The Morgan fingerprint density at radius 3 is 2.55 bits per heavy atom. The van der Waals surface area contributed by atoms with Gasteiger partial charge in [0.05, 0.1) is 11.1 Å². The van der Waals surface area contributed by atoms with E-state index in [1.165, 1.54) is 12.1 Å². The molecule has 20 heavy (non-hydrogen) atoms. The zero-order chi connectivity index (χ0) is 14.9. The summed E-state index contributed by atoms with van der Waals surface area (Å²) < 4.78 is 13.5. The molecule has 0 aliphatic heterocycles. The van der Waals surface area contributed by atoms with Crippen LogP contribution in [0.15, 0.2) is 12.1 Å². The van der Waals surface area contributed by atoms with Gasteiger partial charge in [-0.3, -0.25) is 10.1 Å². The van der Waals surface area contributed by atoms with Gasteiger partial charge in [0.1, 0.15) is 5.82 Å². The first-order chi connectivity index (χ1) is 9.38. The molecular weight excluding hydrogens is 302 g/mol. The predicted molar refractivity (Wildman–Crippen MR) is 78.6 cm³/mol. The van der Waals surface area contributed by atoms with Crippen molar-refractivity contribution in [2.24, 2.45) is 0 Å². The molecule has 0 aromatic heterocycles. The Bertz CT molecular complexity index is 520. The summed E-state index contributed by atoms with van der Waals surface area (Å²) in [6.45, 7) is 3.60. The first-order valence-electron chi connectivity index (χ1n) is 6.59. The van der Waals surface area contributed by atoms with Gasteiger partial charge in [-0.1, -0.05) is 23.2 Å². The Morgan fingerprint density at radius 2 is 1.95 bits per heavy atom. The van der Waals surface area contributed by atoms with Gasteiger partial charge >= 0.3 is 0 Å². The van der Waals surface area contributed by atoms with Crippen molar-refractivity contribution in [3.05, 3.63) is 33.6 Å². The predicted octanol–water partition coefficient (Wildman–Crippen LogP) is 3.45. The van der Waals surface area contributed by atoms with Gasteiger partial charge in [0.15, 0.2) is 0 Å². The van der Waals surface area contributed by atoms with Gasteiger partial charge in [-0.25, -0.2) is 4.39 Å². The molecule has 1 aliphatic carbocycles. The molecule has 6 heteroatoms. The van der Waals surface area contributed by atoms with Crippen LogP contribution < -0.4 is 10.6 Å².